The van der Waals surface area contributed by atoms with E-state index in [9.17, 15) is 5.11 Å². The minimum Gasteiger partial charge on any atom is -0.508 e. The number of benzene rings is 1. The fourth-order valence-corrected chi connectivity index (χ4v) is 1.88. The van der Waals surface area contributed by atoms with Gasteiger partial charge in [0.15, 0.2) is 0 Å². The Labute approximate surface area is 97.9 Å². The first-order valence-electron chi connectivity index (χ1n) is 5.88. The normalized spacial score (nSPS) is 13.0. The fraction of sp³-hybridized carbons (Fsp3) is 0.538. The molecule has 1 rings (SSSR count). The highest BCUT2D eigenvalue weighted by atomic mass is 16.3. The first kappa shape index (κ1) is 13.0. The van der Waals surface area contributed by atoms with Crippen molar-refractivity contribution in [2.75, 3.05) is 20.1 Å². The highest BCUT2D eigenvalue weighted by molar-refractivity contribution is 5.34. The van der Waals surface area contributed by atoms with Gasteiger partial charge in [-0.3, -0.25) is 4.90 Å². The number of phenolic OH excluding ortho intramolecular Hbond substituents is 1. The van der Waals surface area contributed by atoms with Crippen molar-refractivity contribution in [3.8, 4) is 5.75 Å². The number of unbranched alkanes of at least 4 members (excludes halogenated alkanes) is 1. The van der Waals surface area contributed by atoms with Crippen LogP contribution in [-0.2, 0) is 0 Å². The van der Waals surface area contributed by atoms with Crippen molar-refractivity contribution < 1.29 is 5.11 Å². The summed E-state index contributed by atoms with van der Waals surface area (Å²) >= 11 is 0. The summed E-state index contributed by atoms with van der Waals surface area (Å²) in [7, 11) is 2.06. The number of phenols is 1. The predicted molar refractivity (Wildman–Crippen MR) is 67.4 cm³/mol. The summed E-state index contributed by atoms with van der Waals surface area (Å²) in [5, 5.41) is 9.80. The largest absolute Gasteiger partial charge is 0.508 e. The summed E-state index contributed by atoms with van der Waals surface area (Å²) in [6.07, 6.45) is 2.32. The molecule has 16 heavy (non-hydrogen) atoms. The second-order valence-corrected chi connectivity index (χ2v) is 4.14. The molecule has 0 fully saturated rings. The van der Waals surface area contributed by atoms with Crippen LogP contribution in [0.5, 0.6) is 5.75 Å². The third-order valence-electron chi connectivity index (χ3n) is 2.92. The fourth-order valence-electron chi connectivity index (χ4n) is 1.88. The number of hydrogen-bond donors (Lipinski definition) is 2. The van der Waals surface area contributed by atoms with Gasteiger partial charge in [-0.25, -0.2) is 0 Å². The van der Waals surface area contributed by atoms with E-state index in [0.717, 1.165) is 18.5 Å². The standard InChI is InChI=1S/C13H22N2O/c1-3-4-9-15(2)12(10-14)11-7-5-6-8-13(11)16/h5-8,12,16H,3-4,9-10,14H2,1-2H3. The van der Waals surface area contributed by atoms with Crippen LogP contribution in [0.15, 0.2) is 24.3 Å². The Kier molecular flexibility index (Phi) is 5.29. The van der Waals surface area contributed by atoms with Crippen LogP contribution in [0.2, 0.25) is 0 Å². The number of nitrogens with zero attached hydrogens (tertiary/aromatic N) is 1. The summed E-state index contributed by atoms with van der Waals surface area (Å²) in [5.74, 6) is 0.335. The van der Waals surface area contributed by atoms with E-state index in [1.165, 1.54) is 6.42 Å². The van der Waals surface area contributed by atoms with Gasteiger partial charge in [0.1, 0.15) is 5.75 Å². The number of para-hydroxylation sites is 1. The van der Waals surface area contributed by atoms with E-state index < -0.39 is 0 Å². The Hall–Kier alpha value is -1.06. The number of nitrogens with two attached hydrogens (primary N) is 1. The molecular weight excluding hydrogens is 200 g/mol. The highest BCUT2D eigenvalue weighted by Crippen LogP contribution is 2.26. The van der Waals surface area contributed by atoms with Crippen LogP contribution >= 0.6 is 0 Å². The van der Waals surface area contributed by atoms with Gasteiger partial charge in [0.25, 0.3) is 0 Å². The minimum atomic E-state index is 0.104. The minimum absolute atomic E-state index is 0.104. The van der Waals surface area contributed by atoms with Crippen molar-refractivity contribution in [1.29, 1.82) is 0 Å². The third kappa shape index (κ3) is 3.22. The zero-order chi connectivity index (χ0) is 12.0. The maximum atomic E-state index is 9.80. The SMILES string of the molecule is CCCCN(C)C(CN)c1ccccc1O. The lowest BCUT2D eigenvalue weighted by molar-refractivity contribution is 0.242. The van der Waals surface area contributed by atoms with E-state index in [1.807, 2.05) is 18.2 Å². The van der Waals surface area contributed by atoms with Crippen LogP contribution in [0.3, 0.4) is 0 Å². The average Bonchev–Trinajstić information content (AvgIpc) is 2.30. The molecule has 1 atom stereocenters. The quantitative estimate of drug-likeness (QED) is 0.775. The van der Waals surface area contributed by atoms with Crippen molar-refractivity contribution in [2.45, 2.75) is 25.8 Å². The molecule has 0 saturated heterocycles. The predicted octanol–water partition coefficient (Wildman–Crippen LogP) is 2.12. The number of aromatic hydroxyl groups is 1. The first-order chi connectivity index (χ1) is 7.70. The van der Waals surface area contributed by atoms with Gasteiger partial charge in [-0.1, -0.05) is 31.5 Å². The second kappa shape index (κ2) is 6.51. The Morgan fingerprint density at radius 2 is 2.06 bits per heavy atom. The maximum Gasteiger partial charge on any atom is 0.120 e. The monoisotopic (exact) mass is 222 g/mol. The van der Waals surface area contributed by atoms with E-state index in [2.05, 4.69) is 18.9 Å². The second-order valence-electron chi connectivity index (χ2n) is 4.14. The van der Waals surface area contributed by atoms with Gasteiger partial charge < -0.3 is 10.8 Å². The molecule has 0 aliphatic carbocycles. The molecule has 0 heterocycles. The van der Waals surface area contributed by atoms with E-state index in [4.69, 9.17) is 5.73 Å². The molecule has 90 valence electrons. The summed E-state index contributed by atoms with van der Waals surface area (Å²) in [6.45, 7) is 3.70. The molecule has 1 aromatic rings. The summed E-state index contributed by atoms with van der Waals surface area (Å²) in [4.78, 5) is 2.21. The third-order valence-corrected chi connectivity index (χ3v) is 2.92. The van der Waals surface area contributed by atoms with Gasteiger partial charge >= 0.3 is 0 Å². The molecular formula is C13H22N2O. The number of rotatable bonds is 6. The van der Waals surface area contributed by atoms with E-state index >= 15 is 0 Å². The molecule has 0 aliphatic rings. The van der Waals surface area contributed by atoms with Crippen LogP contribution in [0.1, 0.15) is 31.4 Å². The van der Waals surface area contributed by atoms with E-state index in [-0.39, 0.29) is 6.04 Å². The summed E-state index contributed by atoms with van der Waals surface area (Å²) < 4.78 is 0. The molecule has 3 heteroatoms. The van der Waals surface area contributed by atoms with Gasteiger partial charge in [0.05, 0.1) is 6.04 Å². The topological polar surface area (TPSA) is 49.5 Å². The Morgan fingerprint density at radius 3 is 2.62 bits per heavy atom. The van der Waals surface area contributed by atoms with Gasteiger partial charge in [-0.2, -0.15) is 0 Å². The summed E-state index contributed by atoms with van der Waals surface area (Å²) in [6, 6.07) is 7.53. The van der Waals surface area contributed by atoms with Gasteiger partial charge in [0.2, 0.25) is 0 Å². The van der Waals surface area contributed by atoms with Crippen LogP contribution in [0.4, 0.5) is 0 Å². The van der Waals surface area contributed by atoms with Crippen molar-refractivity contribution >= 4 is 0 Å². The van der Waals surface area contributed by atoms with E-state index in [1.54, 1.807) is 6.07 Å². The molecule has 0 aliphatic heterocycles. The van der Waals surface area contributed by atoms with Gasteiger partial charge in [-0.05, 0) is 26.1 Å². The molecule has 1 unspecified atom stereocenters. The van der Waals surface area contributed by atoms with E-state index in [0.29, 0.717) is 12.3 Å². The van der Waals surface area contributed by atoms with Crippen LogP contribution < -0.4 is 5.73 Å². The van der Waals surface area contributed by atoms with Gasteiger partial charge in [0, 0.05) is 12.1 Å². The van der Waals surface area contributed by atoms with Gasteiger partial charge in [-0.15, -0.1) is 0 Å². The molecule has 0 spiro atoms. The molecule has 3 N–H and O–H groups in total. The number of hydrogen-bond acceptors (Lipinski definition) is 3. The lowest BCUT2D eigenvalue weighted by Gasteiger charge is -2.27. The zero-order valence-electron chi connectivity index (χ0n) is 10.2. The lowest BCUT2D eigenvalue weighted by atomic mass is 10.0. The number of likely N-dealkylation sites (N-methyl/N-ethyl adjacent to an activating group) is 1. The molecule has 0 saturated carbocycles. The molecule has 0 bridgehead atoms. The van der Waals surface area contributed by atoms with Crippen molar-refractivity contribution in [2.24, 2.45) is 5.73 Å². The van der Waals surface area contributed by atoms with Crippen LogP contribution in [0.25, 0.3) is 0 Å². The molecule has 1 aromatic carbocycles. The first-order valence-corrected chi connectivity index (χ1v) is 5.88. The highest BCUT2D eigenvalue weighted by Gasteiger charge is 2.17. The Balaban J connectivity index is 2.77. The van der Waals surface area contributed by atoms with Crippen molar-refractivity contribution in [1.82, 2.24) is 4.90 Å². The average molecular weight is 222 g/mol. The zero-order valence-corrected chi connectivity index (χ0v) is 10.2. The Bertz CT molecular complexity index is 315. The Morgan fingerprint density at radius 1 is 1.38 bits per heavy atom. The smallest absolute Gasteiger partial charge is 0.120 e. The lowest BCUT2D eigenvalue weighted by Crippen LogP contribution is -2.31. The van der Waals surface area contributed by atoms with Crippen LogP contribution in [-0.4, -0.2) is 30.1 Å². The van der Waals surface area contributed by atoms with Crippen LogP contribution in [0, 0.1) is 0 Å². The molecule has 0 aromatic heterocycles. The molecule has 3 nitrogen and oxygen atoms in total. The molecule has 0 radical (unpaired) electrons. The maximum absolute atomic E-state index is 9.80. The summed E-state index contributed by atoms with van der Waals surface area (Å²) in [5.41, 5.74) is 6.71. The van der Waals surface area contributed by atoms with Crippen molar-refractivity contribution in [3.63, 3.8) is 0 Å². The van der Waals surface area contributed by atoms with Crippen molar-refractivity contribution in [3.05, 3.63) is 29.8 Å². The molecule has 0 amide bonds.